The summed E-state index contributed by atoms with van der Waals surface area (Å²) in [6.45, 7) is 1.87. The van der Waals surface area contributed by atoms with Crippen LogP contribution in [0.1, 0.15) is 23.2 Å². The van der Waals surface area contributed by atoms with Crippen LogP contribution in [0, 0.1) is 0 Å². The Balaban J connectivity index is 1.68. The Morgan fingerprint density at radius 3 is 2.60 bits per heavy atom. The minimum atomic E-state index is 0.0838. The topological polar surface area (TPSA) is 42.0 Å². The fourth-order valence-electron chi connectivity index (χ4n) is 2.80. The van der Waals surface area contributed by atoms with Crippen molar-refractivity contribution in [1.29, 1.82) is 0 Å². The van der Waals surface area contributed by atoms with Crippen LogP contribution in [0.2, 0.25) is 0 Å². The lowest BCUT2D eigenvalue weighted by Crippen LogP contribution is -2.44. The van der Waals surface area contributed by atoms with Crippen LogP contribution in [-0.4, -0.2) is 55.7 Å². The summed E-state index contributed by atoms with van der Waals surface area (Å²) < 4.78 is 10.6. The molecule has 2 heterocycles. The molecule has 1 aromatic rings. The van der Waals surface area contributed by atoms with Crippen LogP contribution in [0.15, 0.2) is 18.2 Å². The summed E-state index contributed by atoms with van der Waals surface area (Å²) in [4.78, 5) is 16.7. The largest absolute Gasteiger partial charge is 0.454 e. The highest BCUT2D eigenvalue weighted by Gasteiger charge is 2.25. The van der Waals surface area contributed by atoms with Crippen LogP contribution in [0.5, 0.6) is 11.5 Å². The van der Waals surface area contributed by atoms with E-state index in [9.17, 15) is 4.79 Å². The molecule has 5 nitrogen and oxygen atoms in total. The summed E-state index contributed by atoms with van der Waals surface area (Å²) in [5, 5.41) is 0. The molecular formula is C15H20N2O3. The van der Waals surface area contributed by atoms with E-state index in [1.807, 2.05) is 17.0 Å². The number of fused-ring (bicyclic) bond motifs is 1. The summed E-state index contributed by atoms with van der Waals surface area (Å²) >= 11 is 0. The quantitative estimate of drug-likeness (QED) is 0.822. The second-order valence-corrected chi connectivity index (χ2v) is 5.56. The zero-order valence-corrected chi connectivity index (χ0v) is 12.0. The predicted octanol–water partition coefficient (Wildman–Crippen LogP) is 1.58. The van der Waals surface area contributed by atoms with E-state index in [1.165, 1.54) is 0 Å². The summed E-state index contributed by atoms with van der Waals surface area (Å²) in [6, 6.07) is 5.98. The van der Waals surface area contributed by atoms with Crippen LogP contribution >= 0.6 is 0 Å². The summed E-state index contributed by atoms with van der Waals surface area (Å²) in [5.74, 6) is 1.47. The van der Waals surface area contributed by atoms with E-state index in [0.717, 1.165) is 25.9 Å². The van der Waals surface area contributed by atoms with E-state index in [4.69, 9.17) is 9.47 Å². The molecule has 0 spiro atoms. The average molecular weight is 276 g/mol. The van der Waals surface area contributed by atoms with Crippen molar-refractivity contribution in [3.8, 4) is 11.5 Å². The number of hydrogen-bond acceptors (Lipinski definition) is 4. The first-order valence-electron chi connectivity index (χ1n) is 7.00. The van der Waals surface area contributed by atoms with Crippen molar-refractivity contribution in [3.63, 3.8) is 0 Å². The second-order valence-electron chi connectivity index (χ2n) is 5.56. The maximum Gasteiger partial charge on any atom is 0.253 e. The Morgan fingerprint density at radius 2 is 1.90 bits per heavy atom. The van der Waals surface area contributed by atoms with E-state index >= 15 is 0 Å². The van der Waals surface area contributed by atoms with Crippen molar-refractivity contribution in [2.45, 2.75) is 18.9 Å². The van der Waals surface area contributed by atoms with Crippen LogP contribution in [0.4, 0.5) is 0 Å². The van der Waals surface area contributed by atoms with Gasteiger partial charge in [-0.3, -0.25) is 4.79 Å². The number of benzene rings is 1. The van der Waals surface area contributed by atoms with Gasteiger partial charge in [-0.25, -0.2) is 0 Å². The molecule has 108 valence electrons. The van der Waals surface area contributed by atoms with Gasteiger partial charge in [-0.05, 0) is 45.1 Å². The highest BCUT2D eigenvalue weighted by molar-refractivity contribution is 5.95. The molecule has 1 saturated heterocycles. The van der Waals surface area contributed by atoms with E-state index in [1.54, 1.807) is 6.07 Å². The lowest BCUT2D eigenvalue weighted by Gasteiger charge is -2.35. The molecule has 3 rings (SSSR count). The number of nitrogens with zero attached hydrogens (tertiary/aromatic N) is 2. The van der Waals surface area contributed by atoms with E-state index in [-0.39, 0.29) is 12.7 Å². The third-order valence-corrected chi connectivity index (χ3v) is 4.10. The molecule has 1 fully saturated rings. The molecular weight excluding hydrogens is 256 g/mol. The monoisotopic (exact) mass is 276 g/mol. The number of rotatable bonds is 2. The number of carbonyl (C=O) groups is 1. The number of hydrogen-bond donors (Lipinski definition) is 0. The Bertz CT molecular complexity index is 508. The molecule has 1 amide bonds. The van der Waals surface area contributed by atoms with Gasteiger partial charge in [0, 0.05) is 24.7 Å². The van der Waals surface area contributed by atoms with Gasteiger partial charge in [0.2, 0.25) is 6.79 Å². The number of amides is 1. The Labute approximate surface area is 119 Å². The first kappa shape index (κ1) is 13.2. The third kappa shape index (κ3) is 2.45. The van der Waals surface area contributed by atoms with Crippen molar-refractivity contribution in [1.82, 2.24) is 9.80 Å². The van der Waals surface area contributed by atoms with Crippen molar-refractivity contribution in [2.75, 3.05) is 34.0 Å². The molecule has 0 aliphatic carbocycles. The standard InChI is InChI=1S/C15H20N2O3/c1-16(2)12-5-7-17(8-6-12)15(18)11-3-4-13-14(9-11)20-10-19-13/h3-4,9,12H,5-8,10H2,1-2H3. The predicted molar refractivity (Wildman–Crippen MR) is 75.2 cm³/mol. The van der Waals surface area contributed by atoms with Crippen molar-refractivity contribution < 1.29 is 14.3 Å². The zero-order chi connectivity index (χ0) is 14.1. The van der Waals surface area contributed by atoms with Crippen LogP contribution < -0.4 is 9.47 Å². The smallest absolute Gasteiger partial charge is 0.253 e. The lowest BCUT2D eigenvalue weighted by molar-refractivity contribution is 0.0663. The van der Waals surface area contributed by atoms with Gasteiger partial charge in [-0.2, -0.15) is 0 Å². The van der Waals surface area contributed by atoms with E-state index in [0.29, 0.717) is 23.1 Å². The summed E-state index contributed by atoms with van der Waals surface area (Å²) in [7, 11) is 4.19. The fraction of sp³-hybridized carbons (Fsp3) is 0.533. The van der Waals surface area contributed by atoms with Gasteiger partial charge in [0.05, 0.1) is 0 Å². The number of likely N-dealkylation sites (tertiary alicyclic amines) is 1. The number of ether oxygens (including phenoxy) is 2. The molecule has 1 aromatic carbocycles. The fourth-order valence-corrected chi connectivity index (χ4v) is 2.80. The van der Waals surface area contributed by atoms with Gasteiger partial charge in [-0.1, -0.05) is 0 Å². The minimum absolute atomic E-state index is 0.0838. The van der Waals surface area contributed by atoms with Gasteiger partial charge < -0.3 is 19.3 Å². The maximum atomic E-state index is 12.5. The van der Waals surface area contributed by atoms with E-state index in [2.05, 4.69) is 19.0 Å². The Hall–Kier alpha value is -1.75. The molecule has 0 aromatic heterocycles. The van der Waals surface area contributed by atoms with Crippen LogP contribution in [-0.2, 0) is 0 Å². The van der Waals surface area contributed by atoms with Gasteiger partial charge >= 0.3 is 0 Å². The van der Waals surface area contributed by atoms with Gasteiger partial charge in [0.15, 0.2) is 11.5 Å². The van der Waals surface area contributed by atoms with Gasteiger partial charge in [0.1, 0.15) is 0 Å². The molecule has 0 atom stereocenters. The Kier molecular flexibility index (Phi) is 3.53. The third-order valence-electron chi connectivity index (χ3n) is 4.10. The number of carbonyl (C=O) groups excluding carboxylic acids is 1. The summed E-state index contributed by atoms with van der Waals surface area (Å²) in [5.41, 5.74) is 0.678. The molecule has 0 N–H and O–H groups in total. The first-order chi connectivity index (χ1) is 9.65. The minimum Gasteiger partial charge on any atom is -0.454 e. The second kappa shape index (κ2) is 5.32. The highest BCUT2D eigenvalue weighted by Crippen LogP contribution is 2.33. The summed E-state index contributed by atoms with van der Waals surface area (Å²) in [6.07, 6.45) is 2.06. The molecule has 0 radical (unpaired) electrons. The first-order valence-corrected chi connectivity index (χ1v) is 7.00. The molecule has 5 heteroatoms. The zero-order valence-electron chi connectivity index (χ0n) is 12.0. The van der Waals surface area contributed by atoms with Crippen LogP contribution in [0.25, 0.3) is 0 Å². The van der Waals surface area contributed by atoms with Crippen molar-refractivity contribution in [2.24, 2.45) is 0 Å². The molecule has 0 saturated carbocycles. The highest BCUT2D eigenvalue weighted by atomic mass is 16.7. The van der Waals surface area contributed by atoms with E-state index < -0.39 is 0 Å². The molecule has 2 aliphatic heterocycles. The Morgan fingerprint density at radius 1 is 1.20 bits per heavy atom. The normalized spacial score (nSPS) is 18.6. The molecule has 20 heavy (non-hydrogen) atoms. The SMILES string of the molecule is CN(C)C1CCN(C(=O)c2ccc3c(c2)OCO3)CC1. The maximum absolute atomic E-state index is 12.5. The van der Waals surface area contributed by atoms with Gasteiger partial charge in [0.25, 0.3) is 5.91 Å². The molecule has 2 aliphatic rings. The lowest BCUT2D eigenvalue weighted by atomic mass is 10.0. The van der Waals surface area contributed by atoms with Gasteiger partial charge in [-0.15, -0.1) is 0 Å². The van der Waals surface area contributed by atoms with Crippen molar-refractivity contribution >= 4 is 5.91 Å². The number of piperidine rings is 1. The molecule has 0 bridgehead atoms. The molecule has 0 unspecified atom stereocenters. The average Bonchev–Trinajstić information content (AvgIpc) is 2.94. The van der Waals surface area contributed by atoms with Crippen LogP contribution in [0.3, 0.4) is 0 Å². The van der Waals surface area contributed by atoms with Crippen molar-refractivity contribution in [3.05, 3.63) is 23.8 Å².